The fourth-order valence-corrected chi connectivity index (χ4v) is 5.94. The Bertz CT molecular complexity index is 1840. The van der Waals surface area contributed by atoms with Gasteiger partial charge >= 0.3 is 0 Å². The van der Waals surface area contributed by atoms with E-state index in [0.717, 1.165) is 0 Å². The number of anilines is 4. The number of ether oxygens (including phenoxy) is 2. The number of amides is 2. The molecule has 0 saturated carbocycles. The van der Waals surface area contributed by atoms with E-state index in [-0.39, 0.29) is 38.7 Å². The van der Waals surface area contributed by atoms with Crippen LogP contribution < -0.4 is 29.6 Å². The second-order valence-electron chi connectivity index (χ2n) is 9.11. The van der Waals surface area contributed by atoms with Gasteiger partial charge in [-0.3, -0.25) is 19.0 Å². The molecule has 12 nitrogen and oxygen atoms in total. The molecule has 4 N–H and O–H groups in total. The van der Waals surface area contributed by atoms with Crippen LogP contribution in [0, 0.1) is 0 Å². The number of rotatable bonds is 11. The summed E-state index contributed by atoms with van der Waals surface area (Å²) in [7, 11) is -6.89. The fourth-order valence-electron chi connectivity index (χ4n) is 3.79. The molecule has 0 spiro atoms. The average molecular weight is 625 g/mol. The second kappa shape index (κ2) is 12.8. The van der Waals surface area contributed by atoms with E-state index in [4.69, 9.17) is 9.47 Å². The summed E-state index contributed by atoms with van der Waals surface area (Å²) >= 11 is 0. The Hall–Kier alpha value is -5.08. The normalized spacial score (nSPS) is 11.2. The minimum atomic E-state index is -4.23. The van der Waals surface area contributed by atoms with Gasteiger partial charge in [0, 0.05) is 31.3 Å². The van der Waals surface area contributed by atoms with E-state index in [1.54, 1.807) is 24.3 Å². The fraction of sp³-hybridized carbons (Fsp3) is 0.103. The van der Waals surface area contributed by atoms with Crippen molar-refractivity contribution in [3.63, 3.8) is 0 Å². The van der Waals surface area contributed by atoms with Gasteiger partial charge in [-0.25, -0.2) is 16.8 Å². The van der Waals surface area contributed by atoms with Gasteiger partial charge in [-0.2, -0.15) is 0 Å². The number of methoxy groups -OCH3 is 1. The Balaban J connectivity index is 1.67. The largest absolute Gasteiger partial charge is 0.497 e. The molecule has 0 fully saturated rings. The molecule has 0 bridgehead atoms. The number of carbonyl (C=O) groups excluding carboxylic acids is 2. The van der Waals surface area contributed by atoms with Gasteiger partial charge in [-0.1, -0.05) is 0 Å². The van der Waals surface area contributed by atoms with Crippen molar-refractivity contribution in [2.24, 2.45) is 0 Å². The number of sulfonamides is 2. The maximum Gasteiger partial charge on any atom is 0.261 e. The molecule has 0 aliphatic carbocycles. The third-order valence-corrected chi connectivity index (χ3v) is 8.51. The number of carbonyl (C=O) groups is 2. The van der Waals surface area contributed by atoms with Crippen LogP contribution in [0.1, 0.15) is 13.8 Å². The third-order valence-electron chi connectivity index (χ3n) is 5.74. The predicted octanol–water partition coefficient (Wildman–Crippen LogP) is 5.01. The first kappa shape index (κ1) is 30.9. The van der Waals surface area contributed by atoms with Crippen LogP contribution in [0.25, 0.3) is 0 Å². The van der Waals surface area contributed by atoms with Crippen LogP contribution >= 0.6 is 0 Å². The molecular weight excluding hydrogens is 596 g/mol. The van der Waals surface area contributed by atoms with Gasteiger partial charge in [0.25, 0.3) is 20.0 Å². The standard InChI is InChI=1S/C29H28N4O8S2/c1-19(34)30-21-4-13-26(14-5-21)42(36,37)32-28-17-12-25(41-24-10-8-23(40-3)9-11-24)18-29(28)33-43(38,39)27-15-6-22(7-16-27)31-20(2)35/h4-18,32-33H,1-3H3,(H,30,34)(H,31,35). The molecule has 0 aromatic heterocycles. The topological polar surface area (TPSA) is 169 Å². The van der Waals surface area contributed by atoms with E-state index in [1.165, 1.54) is 87.7 Å². The molecule has 0 aliphatic rings. The minimum absolute atomic E-state index is 0.0774. The molecular formula is C29H28N4O8S2. The molecule has 14 heteroatoms. The molecule has 4 aromatic rings. The highest BCUT2D eigenvalue weighted by Crippen LogP contribution is 2.34. The van der Waals surface area contributed by atoms with E-state index in [1.807, 2.05) is 0 Å². The molecule has 2 amide bonds. The van der Waals surface area contributed by atoms with E-state index in [9.17, 15) is 26.4 Å². The molecule has 43 heavy (non-hydrogen) atoms. The molecule has 224 valence electrons. The molecule has 0 aliphatic heterocycles. The van der Waals surface area contributed by atoms with Crippen molar-refractivity contribution >= 4 is 54.6 Å². The van der Waals surface area contributed by atoms with E-state index < -0.39 is 20.0 Å². The van der Waals surface area contributed by atoms with Crippen LogP contribution in [0.15, 0.2) is 101 Å². The highest BCUT2D eigenvalue weighted by molar-refractivity contribution is 7.93. The van der Waals surface area contributed by atoms with Crippen molar-refractivity contribution in [2.75, 3.05) is 27.2 Å². The molecule has 4 rings (SSSR count). The Morgan fingerprint density at radius 2 is 0.977 bits per heavy atom. The lowest BCUT2D eigenvalue weighted by Gasteiger charge is -2.17. The zero-order chi connectivity index (χ0) is 31.2. The van der Waals surface area contributed by atoms with Crippen molar-refractivity contribution in [3.05, 3.63) is 91.0 Å². The molecule has 0 unspecified atom stereocenters. The van der Waals surface area contributed by atoms with Crippen LogP contribution in [-0.4, -0.2) is 35.8 Å². The SMILES string of the molecule is COc1ccc(Oc2ccc(NS(=O)(=O)c3ccc(NC(C)=O)cc3)c(NS(=O)(=O)c3ccc(NC(C)=O)cc3)c2)cc1. The smallest absolute Gasteiger partial charge is 0.261 e. The first-order chi connectivity index (χ1) is 20.3. The number of benzene rings is 4. The zero-order valence-electron chi connectivity index (χ0n) is 23.2. The van der Waals surface area contributed by atoms with Gasteiger partial charge in [0.05, 0.1) is 28.3 Å². The van der Waals surface area contributed by atoms with Gasteiger partial charge in [0.15, 0.2) is 0 Å². The van der Waals surface area contributed by atoms with Crippen molar-refractivity contribution in [2.45, 2.75) is 23.6 Å². The molecule has 0 saturated heterocycles. The summed E-state index contributed by atoms with van der Waals surface area (Å²) in [6.07, 6.45) is 0. The number of hydrogen-bond acceptors (Lipinski definition) is 8. The van der Waals surface area contributed by atoms with Gasteiger partial charge in [0.2, 0.25) is 11.8 Å². The third kappa shape index (κ3) is 8.24. The van der Waals surface area contributed by atoms with Gasteiger partial charge < -0.3 is 20.1 Å². The zero-order valence-corrected chi connectivity index (χ0v) is 24.9. The summed E-state index contributed by atoms with van der Waals surface area (Å²) in [5.41, 5.74) is 0.616. The summed E-state index contributed by atoms with van der Waals surface area (Å²) in [4.78, 5) is 22.3. The van der Waals surface area contributed by atoms with Crippen LogP contribution in [0.2, 0.25) is 0 Å². The van der Waals surface area contributed by atoms with Crippen LogP contribution in [0.3, 0.4) is 0 Å². The number of hydrogen-bond donors (Lipinski definition) is 4. The summed E-state index contributed by atoms with van der Waals surface area (Å²) < 4.78 is 69.0. The molecule has 0 radical (unpaired) electrons. The summed E-state index contributed by atoms with van der Waals surface area (Å²) in [5, 5.41) is 5.11. The van der Waals surface area contributed by atoms with E-state index in [0.29, 0.717) is 22.9 Å². The maximum atomic E-state index is 13.3. The average Bonchev–Trinajstić information content (AvgIpc) is 2.94. The van der Waals surface area contributed by atoms with Crippen molar-refractivity contribution < 1.29 is 35.9 Å². The van der Waals surface area contributed by atoms with Gasteiger partial charge in [-0.15, -0.1) is 0 Å². The van der Waals surface area contributed by atoms with E-state index >= 15 is 0 Å². The highest BCUT2D eigenvalue weighted by atomic mass is 32.2. The van der Waals surface area contributed by atoms with Gasteiger partial charge in [-0.05, 0) is 84.9 Å². The minimum Gasteiger partial charge on any atom is -0.497 e. The van der Waals surface area contributed by atoms with Gasteiger partial charge in [0.1, 0.15) is 17.2 Å². The molecule has 4 aromatic carbocycles. The summed E-state index contributed by atoms with van der Waals surface area (Å²) in [5.74, 6) is 0.624. The maximum absolute atomic E-state index is 13.3. The van der Waals surface area contributed by atoms with Crippen molar-refractivity contribution in [3.8, 4) is 17.2 Å². The lowest BCUT2D eigenvalue weighted by atomic mass is 10.2. The van der Waals surface area contributed by atoms with E-state index in [2.05, 4.69) is 20.1 Å². The predicted molar refractivity (Wildman–Crippen MR) is 163 cm³/mol. The highest BCUT2D eigenvalue weighted by Gasteiger charge is 2.21. The number of nitrogens with one attached hydrogen (secondary N) is 4. The van der Waals surface area contributed by atoms with Crippen molar-refractivity contribution in [1.82, 2.24) is 0 Å². The first-order valence-electron chi connectivity index (χ1n) is 12.6. The Labute approximate surface area is 249 Å². The second-order valence-corrected chi connectivity index (χ2v) is 12.5. The summed E-state index contributed by atoms with van der Waals surface area (Å²) in [6, 6.07) is 21.7. The first-order valence-corrected chi connectivity index (χ1v) is 15.6. The van der Waals surface area contributed by atoms with Crippen LogP contribution in [-0.2, 0) is 29.6 Å². The Morgan fingerprint density at radius 1 is 0.558 bits per heavy atom. The van der Waals surface area contributed by atoms with Crippen molar-refractivity contribution in [1.29, 1.82) is 0 Å². The Morgan fingerprint density at radius 3 is 1.42 bits per heavy atom. The Kier molecular flexibility index (Phi) is 9.21. The lowest BCUT2D eigenvalue weighted by Crippen LogP contribution is -2.18. The lowest BCUT2D eigenvalue weighted by molar-refractivity contribution is -0.115. The summed E-state index contributed by atoms with van der Waals surface area (Å²) in [6.45, 7) is 2.65. The van der Waals surface area contributed by atoms with Crippen LogP contribution in [0.4, 0.5) is 22.7 Å². The molecule has 0 atom stereocenters. The quantitative estimate of drug-likeness (QED) is 0.181. The monoisotopic (exact) mass is 624 g/mol. The van der Waals surface area contributed by atoms with Crippen LogP contribution in [0.5, 0.6) is 17.2 Å². The molecule has 0 heterocycles.